The van der Waals surface area contributed by atoms with E-state index in [0.29, 0.717) is 6.61 Å². The molecule has 0 saturated heterocycles. The number of sulfonamides is 1. The highest BCUT2D eigenvalue weighted by molar-refractivity contribution is 7.89. The van der Waals surface area contributed by atoms with Crippen molar-refractivity contribution in [3.63, 3.8) is 0 Å². The predicted molar refractivity (Wildman–Crippen MR) is 57.9 cm³/mol. The number of nitrogens with two attached hydrogens (primary N) is 1. The van der Waals surface area contributed by atoms with Crippen LogP contribution >= 0.6 is 0 Å². The summed E-state index contributed by atoms with van der Waals surface area (Å²) in [6, 6.07) is 0. The lowest BCUT2D eigenvalue weighted by Crippen LogP contribution is -2.36. The number of hydrogen-bond donors (Lipinski definition) is 1. The molecule has 0 aliphatic heterocycles. The smallest absolute Gasteiger partial charge is 0.216 e. The first-order valence-electron chi connectivity index (χ1n) is 4.95. The third-order valence-corrected chi connectivity index (χ3v) is 3.38. The number of aromatic nitrogens is 3. The van der Waals surface area contributed by atoms with E-state index in [4.69, 9.17) is 9.88 Å². The van der Waals surface area contributed by atoms with E-state index in [1.165, 1.54) is 17.8 Å². The molecule has 0 saturated carbocycles. The van der Waals surface area contributed by atoms with Gasteiger partial charge in [-0.3, -0.25) is 0 Å². The zero-order valence-electron chi connectivity index (χ0n) is 9.28. The fourth-order valence-corrected chi connectivity index (χ4v) is 1.71. The van der Waals surface area contributed by atoms with E-state index >= 15 is 0 Å². The minimum absolute atomic E-state index is 0.435. The second-order valence-corrected chi connectivity index (χ2v) is 5.36. The maximum atomic E-state index is 11.3. The lowest BCUT2D eigenvalue weighted by molar-refractivity contribution is -0.00683. The van der Waals surface area contributed by atoms with Crippen molar-refractivity contribution in [3.05, 3.63) is 12.4 Å². The molecule has 1 heterocycles. The van der Waals surface area contributed by atoms with Crippen LogP contribution in [0.25, 0.3) is 0 Å². The normalized spacial score (nSPS) is 15.9. The van der Waals surface area contributed by atoms with E-state index in [0.717, 1.165) is 6.42 Å². The van der Waals surface area contributed by atoms with Crippen LogP contribution in [-0.2, 0) is 14.8 Å². The highest BCUT2D eigenvalue weighted by atomic mass is 32.2. The highest BCUT2D eigenvalue weighted by Gasteiger charge is 2.29. The van der Waals surface area contributed by atoms with Gasteiger partial charge >= 0.3 is 0 Å². The van der Waals surface area contributed by atoms with Gasteiger partial charge in [-0.05, 0) is 13.3 Å². The Kier molecular flexibility index (Phi) is 4.39. The molecule has 2 N–H and O–H groups in total. The van der Waals surface area contributed by atoms with Crippen LogP contribution in [0.15, 0.2) is 12.4 Å². The lowest BCUT2D eigenvalue weighted by atomic mass is 10.4. The van der Waals surface area contributed by atoms with Crippen molar-refractivity contribution >= 4 is 10.0 Å². The lowest BCUT2D eigenvalue weighted by Gasteiger charge is -2.22. The monoisotopic (exact) mass is 248 g/mol. The van der Waals surface area contributed by atoms with Gasteiger partial charge in [0.15, 0.2) is 6.23 Å². The Bertz CT molecular complexity index is 403. The molecular formula is C8H16N4O3S. The van der Waals surface area contributed by atoms with Crippen LogP contribution in [0.5, 0.6) is 0 Å². The Morgan fingerprint density at radius 3 is 2.69 bits per heavy atom. The van der Waals surface area contributed by atoms with Gasteiger partial charge in [0.2, 0.25) is 10.0 Å². The summed E-state index contributed by atoms with van der Waals surface area (Å²) in [5.41, 5.74) is 0. The summed E-state index contributed by atoms with van der Waals surface area (Å²) in [6.45, 7) is 3.85. The maximum Gasteiger partial charge on any atom is 0.216 e. The van der Waals surface area contributed by atoms with Crippen molar-refractivity contribution < 1.29 is 13.2 Å². The summed E-state index contributed by atoms with van der Waals surface area (Å²) < 4.78 is 29.3. The molecule has 0 spiro atoms. The Morgan fingerprint density at radius 1 is 1.56 bits per heavy atom. The Balaban J connectivity index is 2.88. The van der Waals surface area contributed by atoms with Gasteiger partial charge in [0.25, 0.3) is 0 Å². The first-order chi connectivity index (χ1) is 7.46. The molecule has 1 aromatic heterocycles. The topological polar surface area (TPSA) is 100 Å². The third-order valence-electron chi connectivity index (χ3n) is 2.11. The average Bonchev–Trinajstić information content (AvgIpc) is 2.70. The molecule has 0 amide bonds. The standard InChI is InChI=1S/C8H16N4O3S/c1-3-6-15-8(7(2)16(9,13)14)12-5-4-10-11-12/h4-5,7-8H,3,6H2,1-2H3,(H2,9,13,14). The zero-order chi connectivity index (χ0) is 12.2. The van der Waals surface area contributed by atoms with Crippen molar-refractivity contribution in [1.82, 2.24) is 15.0 Å². The minimum atomic E-state index is -3.67. The molecule has 0 radical (unpaired) electrons. The van der Waals surface area contributed by atoms with Crippen LogP contribution in [0.4, 0.5) is 0 Å². The summed E-state index contributed by atoms with van der Waals surface area (Å²) in [6.07, 6.45) is 3.04. The fourth-order valence-electron chi connectivity index (χ4n) is 1.18. The second kappa shape index (κ2) is 5.37. The van der Waals surface area contributed by atoms with E-state index in [1.54, 1.807) is 6.20 Å². The molecule has 2 unspecified atom stereocenters. The molecular weight excluding hydrogens is 232 g/mol. The molecule has 1 aromatic rings. The molecule has 8 heteroatoms. The molecule has 92 valence electrons. The van der Waals surface area contributed by atoms with Gasteiger partial charge in [0.05, 0.1) is 6.20 Å². The molecule has 16 heavy (non-hydrogen) atoms. The highest BCUT2D eigenvalue weighted by Crippen LogP contribution is 2.17. The SMILES string of the molecule is CCCOC(C(C)S(N)(=O)=O)n1ccnn1. The van der Waals surface area contributed by atoms with Gasteiger partial charge in [-0.15, -0.1) is 5.10 Å². The summed E-state index contributed by atoms with van der Waals surface area (Å²) >= 11 is 0. The summed E-state index contributed by atoms with van der Waals surface area (Å²) in [5.74, 6) is 0. The van der Waals surface area contributed by atoms with E-state index in [1.807, 2.05) is 6.92 Å². The maximum absolute atomic E-state index is 11.3. The van der Waals surface area contributed by atoms with Gasteiger partial charge in [-0.25, -0.2) is 18.2 Å². The largest absolute Gasteiger partial charge is 0.355 e. The van der Waals surface area contributed by atoms with E-state index in [9.17, 15) is 8.42 Å². The Labute approximate surface area is 94.6 Å². The zero-order valence-corrected chi connectivity index (χ0v) is 10.1. The summed E-state index contributed by atoms with van der Waals surface area (Å²) in [7, 11) is -3.67. The number of nitrogens with zero attached hydrogens (tertiary/aromatic N) is 3. The molecule has 0 aliphatic carbocycles. The second-order valence-electron chi connectivity index (χ2n) is 3.44. The van der Waals surface area contributed by atoms with Gasteiger partial charge in [0, 0.05) is 12.8 Å². The number of ether oxygens (including phenoxy) is 1. The molecule has 2 atom stereocenters. The molecule has 0 aliphatic rings. The van der Waals surface area contributed by atoms with Gasteiger partial charge < -0.3 is 4.74 Å². The average molecular weight is 248 g/mol. The molecule has 0 bridgehead atoms. The molecule has 7 nitrogen and oxygen atoms in total. The number of hydrogen-bond acceptors (Lipinski definition) is 5. The van der Waals surface area contributed by atoms with E-state index in [2.05, 4.69) is 10.3 Å². The van der Waals surface area contributed by atoms with Gasteiger partial charge in [0.1, 0.15) is 5.25 Å². The fraction of sp³-hybridized carbons (Fsp3) is 0.750. The first-order valence-corrected chi connectivity index (χ1v) is 6.56. The molecule has 1 rings (SSSR count). The van der Waals surface area contributed by atoms with E-state index < -0.39 is 21.5 Å². The minimum Gasteiger partial charge on any atom is -0.355 e. The molecule has 0 fully saturated rings. The molecule has 0 aromatic carbocycles. The summed E-state index contributed by atoms with van der Waals surface area (Å²) in [5, 5.41) is 11.6. The number of rotatable bonds is 6. The van der Waals surface area contributed by atoms with E-state index in [-0.39, 0.29) is 0 Å². The van der Waals surface area contributed by atoms with Crippen LogP contribution < -0.4 is 5.14 Å². The van der Waals surface area contributed by atoms with Crippen LogP contribution in [0.1, 0.15) is 26.5 Å². The predicted octanol–water partition coefficient (Wildman–Crippen LogP) is -0.120. The summed E-state index contributed by atoms with van der Waals surface area (Å²) in [4.78, 5) is 0. The van der Waals surface area contributed by atoms with Crippen molar-refractivity contribution in [1.29, 1.82) is 0 Å². The van der Waals surface area contributed by atoms with Crippen LogP contribution in [0.2, 0.25) is 0 Å². The van der Waals surface area contributed by atoms with Crippen molar-refractivity contribution in [3.8, 4) is 0 Å². The Hall–Kier alpha value is -0.990. The van der Waals surface area contributed by atoms with Crippen molar-refractivity contribution in [2.75, 3.05) is 6.61 Å². The van der Waals surface area contributed by atoms with Gasteiger partial charge in [-0.1, -0.05) is 12.1 Å². The van der Waals surface area contributed by atoms with Crippen LogP contribution in [0.3, 0.4) is 0 Å². The first kappa shape index (κ1) is 13.1. The van der Waals surface area contributed by atoms with Crippen molar-refractivity contribution in [2.45, 2.75) is 31.7 Å². The number of primary sulfonamides is 1. The van der Waals surface area contributed by atoms with Crippen LogP contribution in [0, 0.1) is 0 Å². The van der Waals surface area contributed by atoms with Crippen molar-refractivity contribution in [2.24, 2.45) is 5.14 Å². The van der Waals surface area contributed by atoms with Gasteiger partial charge in [-0.2, -0.15) is 0 Å². The third kappa shape index (κ3) is 3.26. The van der Waals surface area contributed by atoms with Crippen LogP contribution in [-0.4, -0.2) is 35.3 Å². The Morgan fingerprint density at radius 2 is 2.25 bits per heavy atom. The quantitative estimate of drug-likeness (QED) is 0.756.